The first kappa shape index (κ1) is 18.8. The zero-order valence-corrected chi connectivity index (χ0v) is 17.4. The van der Waals surface area contributed by atoms with E-state index >= 15 is 0 Å². The third-order valence-electron chi connectivity index (χ3n) is 5.09. The molecule has 7 heteroatoms. The quantitative estimate of drug-likeness (QED) is 0.408. The third kappa shape index (κ3) is 3.34. The van der Waals surface area contributed by atoms with E-state index in [1.165, 1.54) is 6.92 Å². The minimum Gasteiger partial charge on any atom is -0.455 e. The van der Waals surface area contributed by atoms with Crippen LogP contribution in [-0.4, -0.2) is 44.5 Å². The monoisotopic (exact) mass is 404 g/mol. The SMILES string of the molecule is CC(=O)OC1C(CO[Si](C)(C)C(C)(C)C)=C(Br)C(=O)C2OC21C. The Hall–Kier alpha value is -0.503. The molecule has 1 fully saturated rings. The highest BCUT2D eigenvalue weighted by molar-refractivity contribution is 9.12. The molecule has 23 heavy (non-hydrogen) atoms. The second-order valence-corrected chi connectivity index (χ2v) is 13.5. The smallest absolute Gasteiger partial charge is 0.303 e. The summed E-state index contributed by atoms with van der Waals surface area (Å²) in [6, 6.07) is 0. The molecule has 3 unspecified atom stereocenters. The third-order valence-corrected chi connectivity index (χ3v) is 10.5. The van der Waals surface area contributed by atoms with Gasteiger partial charge in [-0.2, -0.15) is 0 Å². The van der Waals surface area contributed by atoms with Crippen molar-refractivity contribution < 1.29 is 23.5 Å². The molecule has 0 spiro atoms. The van der Waals surface area contributed by atoms with Crippen molar-refractivity contribution in [1.82, 2.24) is 0 Å². The van der Waals surface area contributed by atoms with Gasteiger partial charge in [0.25, 0.3) is 0 Å². The minimum absolute atomic E-state index is 0.0537. The lowest BCUT2D eigenvalue weighted by molar-refractivity contribution is -0.148. The number of ether oxygens (including phenoxy) is 2. The molecule has 0 aromatic rings. The van der Waals surface area contributed by atoms with E-state index in [0.29, 0.717) is 10.1 Å². The Morgan fingerprint density at radius 3 is 2.43 bits per heavy atom. The summed E-state index contributed by atoms with van der Waals surface area (Å²) in [5, 5.41) is 0.0537. The van der Waals surface area contributed by atoms with Gasteiger partial charge in [-0.1, -0.05) is 20.8 Å². The topological polar surface area (TPSA) is 65.1 Å². The van der Waals surface area contributed by atoms with Crippen molar-refractivity contribution in [3.05, 3.63) is 10.1 Å². The number of hydrogen-bond donors (Lipinski definition) is 0. The Bertz CT molecular complexity index is 578. The fraction of sp³-hybridized carbons (Fsp3) is 0.750. The highest BCUT2D eigenvalue weighted by atomic mass is 79.9. The summed E-state index contributed by atoms with van der Waals surface area (Å²) < 4.78 is 17.7. The van der Waals surface area contributed by atoms with Crippen molar-refractivity contribution in [2.45, 2.75) is 70.6 Å². The average Bonchev–Trinajstić information content (AvgIpc) is 3.07. The summed E-state index contributed by atoms with van der Waals surface area (Å²) in [5.74, 6) is -0.505. The van der Waals surface area contributed by atoms with E-state index in [2.05, 4.69) is 49.8 Å². The van der Waals surface area contributed by atoms with Gasteiger partial charge in [0.1, 0.15) is 5.60 Å². The molecule has 0 bridgehead atoms. The maximum Gasteiger partial charge on any atom is 0.303 e. The van der Waals surface area contributed by atoms with Crippen molar-refractivity contribution in [1.29, 1.82) is 0 Å². The molecular formula is C16H25BrO5Si. The van der Waals surface area contributed by atoms with Gasteiger partial charge in [0.05, 0.1) is 11.1 Å². The van der Waals surface area contributed by atoms with Crippen molar-refractivity contribution in [2.24, 2.45) is 0 Å². The van der Waals surface area contributed by atoms with E-state index in [0.717, 1.165) is 0 Å². The molecule has 3 atom stereocenters. The number of epoxide rings is 1. The Morgan fingerprint density at radius 2 is 1.96 bits per heavy atom. The lowest BCUT2D eigenvalue weighted by atomic mass is 9.86. The zero-order chi connectivity index (χ0) is 17.8. The molecule has 2 aliphatic rings. The molecular weight excluding hydrogens is 380 g/mol. The summed E-state index contributed by atoms with van der Waals surface area (Å²) in [6.07, 6.45) is -1.14. The number of Topliss-reactive ketones (excluding diaryl/α,β-unsaturated/α-hetero) is 1. The molecule has 1 heterocycles. The van der Waals surface area contributed by atoms with Crippen LogP contribution in [0.4, 0.5) is 0 Å². The molecule has 5 nitrogen and oxygen atoms in total. The maximum absolute atomic E-state index is 12.3. The maximum atomic E-state index is 12.3. The standard InChI is InChI=1S/C16H25BrO5Si/c1-9(18)21-13-10(8-20-23(6,7)15(2,3)4)11(17)12(19)14-16(13,5)22-14/h13-14H,8H2,1-7H3. The van der Waals surface area contributed by atoms with E-state index in [1.807, 2.05) is 0 Å². The number of carbonyl (C=O) groups is 2. The number of hydrogen-bond acceptors (Lipinski definition) is 5. The van der Waals surface area contributed by atoms with Crippen molar-refractivity contribution in [3.8, 4) is 0 Å². The summed E-state index contributed by atoms with van der Waals surface area (Å²) in [5.41, 5.74) is -0.113. The summed E-state index contributed by atoms with van der Waals surface area (Å²) in [4.78, 5) is 23.8. The number of esters is 1. The lowest BCUT2D eigenvalue weighted by Gasteiger charge is -2.37. The van der Waals surface area contributed by atoms with E-state index in [4.69, 9.17) is 13.9 Å². The fourth-order valence-corrected chi connectivity index (χ4v) is 3.91. The van der Waals surface area contributed by atoms with E-state index in [1.54, 1.807) is 6.92 Å². The Morgan fingerprint density at radius 1 is 1.39 bits per heavy atom. The van der Waals surface area contributed by atoms with Crippen LogP contribution < -0.4 is 0 Å². The zero-order valence-electron chi connectivity index (χ0n) is 14.8. The minimum atomic E-state index is -1.99. The lowest BCUT2D eigenvalue weighted by Crippen LogP contribution is -2.46. The molecule has 130 valence electrons. The molecule has 0 amide bonds. The predicted molar refractivity (Wildman–Crippen MR) is 92.9 cm³/mol. The summed E-state index contributed by atoms with van der Waals surface area (Å²) in [7, 11) is -1.99. The van der Waals surface area contributed by atoms with Crippen LogP contribution >= 0.6 is 15.9 Å². The first-order valence-corrected chi connectivity index (χ1v) is 11.4. The number of fused-ring (bicyclic) bond motifs is 1. The van der Waals surface area contributed by atoms with Crippen LogP contribution in [-0.2, 0) is 23.5 Å². The molecule has 2 rings (SSSR count). The first-order valence-electron chi connectivity index (χ1n) is 7.73. The van der Waals surface area contributed by atoms with Crippen molar-refractivity contribution >= 4 is 36.0 Å². The largest absolute Gasteiger partial charge is 0.455 e. The summed E-state index contributed by atoms with van der Waals surface area (Å²) in [6.45, 7) is 14.2. The van der Waals surface area contributed by atoms with Crippen LogP contribution in [0.2, 0.25) is 18.1 Å². The summed E-state index contributed by atoms with van der Waals surface area (Å²) >= 11 is 3.35. The van der Waals surface area contributed by atoms with E-state index < -0.39 is 32.1 Å². The predicted octanol–water partition coefficient (Wildman–Crippen LogP) is 3.33. The van der Waals surface area contributed by atoms with E-state index in [-0.39, 0.29) is 17.4 Å². The van der Waals surface area contributed by atoms with Crippen molar-refractivity contribution in [2.75, 3.05) is 6.61 Å². The van der Waals surface area contributed by atoms with Crippen LogP contribution in [0.25, 0.3) is 0 Å². The molecule has 0 radical (unpaired) electrons. The van der Waals surface area contributed by atoms with Gasteiger partial charge in [-0.3, -0.25) is 9.59 Å². The van der Waals surface area contributed by atoms with Gasteiger partial charge in [0.15, 0.2) is 20.5 Å². The van der Waals surface area contributed by atoms with Crippen LogP contribution in [0.15, 0.2) is 10.1 Å². The second-order valence-electron chi connectivity index (χ2n) is 7.92. The highest BCUT2D eigenvalue weighted by Crippen LogP contribution is 2.50. The Balaban J connectivity index is 2.27. The number of ketones is 1. The molecule has 1 aliphatic carbocycles. The van der Waals surface area contributed by atoms with E-state index in [9.17, 15) is 9.59 Å². The van der Waals surface area contributed by atoms with Crippen LogP contribution in [0.3, 0.4) is 0 Å². The second kappa shape index (κ2) is 5.79. The molecule has 1 saturated heterocycles. The van der Waals surface area contributed by atoms with Gasteiger partial charge >= 0.3 is 5.97 Å². The van der Waals surface area contributed by atoms with Crippen molar-refractivity contribution in [3.63, 3.8) is 0 Å². The van der Waals surface area contributed by atoms with Crippen LogP contribution in [0.1, 0.15) is 34.6 Å². The van der Waals surface area contributed by atoms with Gasteiger partial charge in [0.2, 0.25) is 5.78 Å². The molecule has 0 N–H and O–H groups in total. The van der Waals surface area contributed by atoms with Crippen LogP contribution in [0, 0.1) is 0 Å². The highest BCUT2D eigenvalue weighted by Gasteiger charge is 2.67. The molecule has 0 aromatic carbocycles. The number of carbonyl (C=O) groups excluding carboxylic acids is 2. The number of halogens is 1. The first-order chi connectivity index (χ1) is 10.3. The van der Waals surface area contributed by atoms with Gasteiger partial charge in [0, 0.05) is 12.5 Å². The fourth-order valence-electron chi connectivity index (χ4n) is 2.44. The van der Waals surface area contributed by atoms with Gasteiger partial charge < -0.3 is 13.9 Å². The van der Waals surface area contributed by atoms with Gasteiger partial charge in [-0.25, -0.2) is 0 Å². The Labute approximate surface area is 147 Å². The average molecular weight is 405 g/mol. The molecule has 0 aromatic heterocycles. The molecule has 1 aliphatic heterocycles. The Kier molecular flexibility index (Phi) is 4.74. The van der Waals surface area contributed by atoms with Gasteiger partial charge in [-0.15, -0.1) is 0 Å². The normalized spacial score (nSPS) is 31.0. The van der Waals surface area contributed by atoms with Crippen LogP contribution in [0.5, 0.6) is 0 Å². The number of rotatable bonds is 4. The van der Waals surface area contributed by atoms with Gasteiger partial charge in [-0.05, 0) is 41.0 Å². The molecule has 0 saturated carbocycles.